The van der Waals surface area contributed by atoms with Crippen molar-refractivity contribution < 1.29 is 9.53 Å². The molecule has 0 fully saturated rings. The number of carbonyl (C=O) groups is 1. The molecule has 0 aliphatic carbocycles. The van der Waals surface area contributed by atoms with Crippen molar-refractivity contribution in [2.45, 2.75) is 0 Å². The fraction of sp³-hybridized carbons (Fsp3) is 0.222. The molecule has 0 heterocycles. The van der Waals surface area contributed by atoms with Crippen LogP contribution in [0.25, 0.3) is 0 Å². The molecule has 3 nitrogen and oxygen atoms in total. The van der Waals surface area contributed by atoms with Gasteiger partial charge in [-0.15, -0.1) is 0 Å². The topological polar surface area (TPSA) is 29.5 Å². The predicted molar refractivity (Wildman–Crippen MR) is 62.7 cm³/mol. The van der Waals surface area contributed by atoms with Gasteiger partial charge in [-0.3, -0.25) is 9.69 Å². The number of ether oxygens (including phenoxy) is 1. The zero-order chi connectivity index (χ0) is 11.6. The summed E-state index contributed by atoms with van der Waals surface area (Å²) < 4.78 is 5.06. The van der Waals surface area contributed by atoms with E-state index in [1.165, 1.54) is 25.1 Å². The highest BCUT2D eigenvalue weighted by Crippen LogP contribution is 2.38. The molecule has 0 aliphatic rings. The molecule has 0 aliphatic heterocycles. The van der Waals surface area contributed by atoms with E-state index in [0.29, 0.717) is 21.5 Å². The molecule has 0 aromatic heterocycles. The number of amides is 1. The van der Waals surface area contributed by atoms with Crippen molar-refractivity contribution in [2.75, 3.05) is 19.1 Å². The Morgan fingerprint density at radius 1 is 1.40 bits per heavy atom. The van der Waals surface area contributed by atoms with Gasteiger partial charge in [0.1, 0.15) is 0 Å². The summed E-state index contributed by atoms with van der Waals surface area (Å²) in [6.07, 6.45) is 0. The summed E-state index contributed by atoms with van der Waals surface area (Å²) in [6.45, 7) is 0. The van der Waals surface area contributed by atoms with Gasteiger partial charge in [-0.2, -0.15) is 0 Å². The maximum absolute atomic E-state index is 11.0. The van der Waals surface area contributed by atoms with Crippen LogP contribution in [-0.2, 0) is 0 Å². The summed E-state index contributed by atoms with van der Waals surface area (Å²) >= 11 is 17.0. The summed E-state index contributed by atoms with van der Waals surface area (Å²) in [5.41, 5.74) is 0.426. The number of anilines is 1. The second-order valence-electron chi connectivity index (χ2n) is 2.75. The predicted octanol–water partition coefficient (Wildman–Crippen LogP) is 3.80. The number of carbonyl (C=O) groups excluding carboxylic acids is 1. The highest BCUT2D eigenvalue weighted by atomic mass is 35.5. The van der Waals surface area contributed by atoms with E-state index in [1.807, 2.05) is 0 Å². The Bertz CT molecular complexity index is 395. The summed E-state index contributed by atoms with van der Waals surface area (Å²) in [4.78, 5) is 12.2. The molecule has 6 heteroatoms. The number of hydrogen-bond acceptors (Lipinski definition) is 2. The van der Waals surface area contributed by atoms with E-state index in [2.05, 4.69) is 0 Å². The maximum Gasteiger partial charge on any atom is 0.320 e. The first-order chi connectivity index (χ1) is 6.97. The van der Waals surface area contributed by atoms with Crippen LogP contribution in [-0.4, -0.2) is 19.5 Å². The van der Waals surface area contributed by atoms with E-state index in [1.54, 1.807) is 6.07 Å². The minimum absolute atomic E-state index is 0.324. The van der Waals surface area contributed by atoms with Crippen LogP contribution in [0.15, 0.2) is 12.1 Å². The Labute approximate surface area is 102 Å². The molecule has 15 heavy (non-hydrogen) atoms. The van der Waals surface area contributed by atoms with Gasteiger partial charge in [-0.25, -0.2) is 0 Å². The number of rotatable bonds is 2. The van der Waals surface area contributed by atoms with Gasteiger partial charge in [0, 0.05) is 12.1 Å². The van der Waals surface area contributed by atoms with E-state index in [0.717, 1.165) is 0 Å². The molecule has 1 rings (SSSR count). The molecule has 0 unspecified atom stereocenters. The van der Waals surface area contributed by atoms with Crippen molar-refractivity contribution in [3.8, 4) is 5.75 Å². The molecule has 1 aromatic carbocycles. The van der Waals surface area contributed by atoms with E-state index in [-0.39, 0.29) is 0 Å². The third-order valence-corrected chi connectivity index (χ3v) is 2.57. The molecule has 0 spiro atoms. The summed E-state index contributed by atoms with van der Waals surface area (Å²) in [5.74, 6) is 0.359. The van der Waals surface area contributed by atoms with E-state index < -0.39 is 5.37 Å². The summed E-state index contributed by atoms with van der Waals surface area (Å²) in [5, 5.41) is 0.0805. The van der Waals surface area contributed by atoms with Gasteiger partial charge >= 0.3 is 5.37 Å². The van der Waals surface area contributed by atoms with Gasteiger partial charge in [0.15, 0.2) is 5.75 Å². The minimum Gasteiger partial charge on any atom is -0.493 e. The van der Waals surface area contributed by atoms with Crippen molar-refractivity contribution in [1.29, 1.82) is 0 Å². The molecule has 0 N–H and O–H groups in total. The third-order valence-electron chi connectivity index (χ3n) is 1.82. The Hall–Kier alpha value is -0.640. The van der Waals surface area contributed by atoms with Crippen LogP contribution >= 0.6 is 34.8 Å². The fourth-order valence-electron chi connectivity index (χ4n) is 1.09. The van der Waals surface area contributed by atoms with Crippen molar-refractivity contribution in [2.24, 2.45) is 0 Å². The molecule has 82 valence electrons. The van der Waals surface area contributed by atoms with Crippen LogP contribution in [0.3, 0.4) is 0 Å². The van der Waals surface area contributed by atoms with E-state index in [9.17, 15) is 4.79 Å². The first-order valence-electron chi connectivity index (χ1n) is 3.93. The average Bonchev–Trinajstić information content (AvgIpc) is 2.15. The standard InChI is InChI=1S/C9H8Cl3NO2/c1-13(9(12)14)7-4-5(10)3-6(11)8(7)15-2/h3-4H,1-2H3. The summed E-state index contributed by atoms with van der Waals surface area (Å²) in [7, 11) is 2.95. The molecule has 1 amide bonds. The van der Waals surface area contributed by atoms with Crippen LogP contribution in [0.4, 0.5) is 10.5 Å². The van der Waals surface area contributed by atoms with Crippen LogP contribution in [0, 0.1) is 0 Å². The largest absolute Gasteiger partial charge is 0.493 e. The van der Waals surface area contributed by atoms with Gasteiger partial charge in [-0.1, -0.05) is 23.2 Å². The molecule has 0 radical (unpaired) electrons. The van der Waals surface area contributed by atoms with Crippen LogP contribution in [0.1, 0.15) is 0 Å². The van der Waals surface area contributed by atoms with Crippen LogP contribution < -0.4 is 9.64 Å². The first kappa shape index (κ1) is 12.4. The van der Waals surface area contributed by atoms with Gasteiger partial charge < -0.3 is 4.74 Å². The third kappa shape index (κ3) is 2.68. The van der Waals surface area contributed by atoms with Gasteiger partial charge in [-0.05, 0) is 23.7 Å². The normalized spacial score (nSPS) is 9.93. The Morgan fingerprint density at radius 2 is 2.00 bits per heavy atom. The lowest BCUT2D eigenvalue weighted by Gasteiger charge is -2.18. The van der Waals surface area contributed by atoms with Crippen molar-refractivity contribution in [3.05, 3.63) is 22.2 Å². The molecule has 1 aromatic rings. The first-order valence-corrected chi connectivity index (χ1v) is 5.07. The number of benzene rings is 1. The number of methoxy groups -OCH3 is 1. The molecule has 0 bridgehead atoms. The minimum atomic E-state index is -0.647. The Kier molecular flexibility index (Phi) is 4.08. The number of halogens is 3. The zero-order valence-electron chi connectivity index (χ0n) is 8.05. The lowest BCUT2D eigenvalue weighted by atomic mass is 10.2. The Morgan fingerprint density at radius 3 is 2.47 bits per heavy atom. The maximum atomic E-state index is 11.0. The average molecular weight is 269 g/mol. The highest BCUT2D eigenvalue weighted by Gasteiger charge is 2.16. The lowest BCUT2D eigenvalue weighted by molar-refractivity contribution is 0.265. The molecule has 0 saturated carbocycles. The lowest BCUT2D eigenvalue weighted by Crippen LogP contribution is -2.20. The monoisotopic (exact) mass is 267 g/mol. The quantitative estimate of drug-likeness (QED) is 0.603. The number of hydrogen-bond donors (Lipinski definition) is 0. The van der Waals surface area contributed by atoms with Crippen molar-refractivity contribution in [3.63, 3.8) is 0 Å². The van der Waals surface area contributed by atoms with Crippen molar-refractivity contribution in [1.82, 2.24) is 0 Å². The van der Waals surface area contributed by atoms with Gasteiger partial charge in [0.05, 0.1) is 17.8 Å². The van der Waals surface area contributed by atoms with E-state index >= 15 is 0 Å². The molecule has 0 atom stereocenters. The summed E-state index contributed by atoms with van der Waals surface area (Å²) in [6, 6.07) is 3.07. The van der Waals surface area contributed by atoms with E-state index in [4.69, 9.17) is 39.5 Å². The van der Waals surface area contributed by atoms with Crippen molar-refractivity contribution >= 4 is 45.9 Å². The molecular formula is C9H8Cl3NO2. The highest BCUT2D eigenvalue weighted by molar-refractivity contribution is 6.66. The number of nitrogens with zero attached hydrogens (tertiary/aromatic N) is 1. The second kappa shape index (κ2) is 4.92. The van der Waals surface area contributed by atoms with Gasteiger partial charge in [0.25, 0.3) is 0 Å². The smallest absolute Gasteiger partial charge is 0.320 e. The van der Waals surface area contributed by atoms with Crippen LogP contribution in [0.5, 0.6) is 5.75 Å². The van der Waals surface area contributed by atoms with Crippen LogP contribution in [0.2, 0.25) is 10.0 Å². The molecule has 0 saturated heterocycles. The fourth-order valence-corrected chi connectivity index (χ4v) is 1.74. The Balaban J connectivity index is 3.32. The second-order valence-corrected chi connectivity index (χ2v) is 3.92. The molecular weight excluding hydrogens is 260 g/mol. The SMILES string of the molecule is COc1c(Cl)cc(Cl)cc1N(C)C(=O)Cl. The zero-order valence-corrected chi connectivity index (χ0v) is 10.3. The van der Waals surface area contributed by atoms with Gasteiger partial charge in [0.2, 0.25) is 0 Å².